The first-order valence-corrected chi connectivity index (χ1v) is 13.1. The van der Waals surface area contributed by atoms with E-state index < -0.39 is 11.9 Å². The SMILES string of the molecule is C=CC(=O)N1CCN(c2onc(-c3c(Cl)cccc3Cl)c2C(=O)n2ccc3c(/C=C/C(=O)O)cccc32)[C@@H](C)C1. The molecule has 1 aliphatic rings. The van der Waals surface area contributed by atoms with Crippen molar-refractivity contribution < 1.29 is 24.0 Å². The fourth-order valence-electron chi connectivity index (χ4n) is 4.95. The number of amides is 1. The molecule has 5 rings (SSSR count). The van der Waals surface area contributed by atoms with E-state index in [2.05, 4.69) is 11.7 Å². The van der Waals surface area contributed by atoms with Gasteiger partial charge in [-0.25, -0.2) is 4.79 Å². The van der Waals surface area contributed by atoms with E-state index in [1.807, 2.05) is 11.8 Å². The maximum absolute atomic E-state index is 14.3. The zero-order chi connectivity index (χ0) is 28.6. The number of aromatic nitrogens is 2. The summed E-state index contributed by atoms with van der Waals surface area (Å²) in [5.41, 5.74) is 1.92. The normalized spacial score (nSPS) is 15.6. The molecule has 1 fully saturated rings. The lowest BCUT2D eigenvalue weighted by molar-refractivity contribution is -0.131. The lowest BCUT2D eigenvalue weighted by Crippen LogP contribution is -2.53. The van der Waals surface area contributed by atoms with Gasteiger partial charge in [0.1, 0.15) is 11.3 Å². The number of carboxylic acid groups (broad SMARTS) is 1. The molecule has 4 aromatic rings. The van der Waals surface area contributed by atoms with E-state index >= 15 is 0 Å². The number of rotatable bonds is 6. The molecule has 1 N–H and O–H groups in total. The van der Waals surface area contributed by atoms with Gasteiger partial charge in [-0.05, 0) is 48.9 Å². The molecule has 2 aromatic carbocycles. The molecule has 0 radical (unpaired) electrons. The number of carbonyl (C=O) groups excluding carboxylic acids is 2. The number of hydrogen-bond acceptors (Lipinski definition) is 6. The van der Waals surface area contributed by atoms with Crippen LogP contribution in [0.15, 0.2) is 71.9 Å². The molecule has 2 aromatic heterocycles. The van der Waals surface area contributed by atoms with E-state index in [-0.39, 0.29) is 29.1 Å². The van der Waals surface area contributed by atoms with E-state index in [4.69, 9.17) is 32.8 Å². The molecular formula is C29H24Cl2N4O5. The Morgan fingerprint density at radius 1 is 1.10 bits per heavy atom. The lowest BCUT2D eigenvalue weighted by Gasteiger charge is -2.39. The first-order valence-electron chi connectivity index (χ1n) is 12.4. The Hall–Kier alpha value is -4.34. The van der Waals surface area contributed by atoms with Crippen molar-refractivity contribution in [2.75, 3.05) is 24.5 Å². The molecule has 0 aliphatic carbocycles. The van der Waals surface area contributed by atoms with Gasteiger partial charge in [0.05, 0.1) is 15.6 Å². The molecule has 9 nitrogen and oxygen atoms in total. The predicted octanol–water partition coefficient (Wildman–Crippen LogP) is 5.61. The zero-order valence-corrected chi connectivity index (χ0v) is 22.9. The third kappa shape index (κ3) is 4.89. The van der Waals surface area contributed by atoms with Crippen LogP contribution in [0.2, 0.25) is 10.0 Å². The second-order valence-electron chi connectivity index (χ2n) is 9.28. The van der Waals surface area contributed by atoms with Crippen LogP contribution in [0.4, 0.5) is 5.88 Å². The Bertz CT molecular complexity index is 1670. The summed E-state index contributed by atoms with van der Waals surface area (Å²) in [5.74, 6) is -1.45. The predicted molar refractivity (Wildman–Crippen MR) is 154 cm³/mol. The summed E-state index contributed by atoms with van der Waals surface area (Å²) in [5, 5.41) is 14.6. The summed E-state index contributed by atoms with van der Waals surface area (Å²) in [7, 11) is 0. The number of carboxylic acids is 1. The molecule has 0 saturated carbocycles. The molecule has 11 heteroatoms. The van der Waals surface area contributed by atoms with Gasteiger partial charge in [-0.3, -0.25) is 14.2 Å². The number of fused-ring (bicyclic) bond motifs is 1. The first kappa shape index (κ1) is 27.2. The minimum absolute atomic E-state index is 0.161. The Balaban J connectivity index is 1.65. The summed E-state index contributed by atoms with van der Waals surface area (Å²) in [6, 6.07) is 11.8. The van der Waals surface area contributed by atoms with Crippen molar-refractivity contribution in [1.82, 2.24) is 14.6 Å². The minimum atomic E-state index is -1.08. The maximum Gasteiger partial charge on any atom is 0.328 e. The Kier molecular flexibility index (Phi) is 7.51. The van der Waals surface area contributed by atoms with Crippen molar-refractivity contribution in [2.45, 2.75) is 13.0 Å². The lowest BCUT2D eigenvalue weighted by atomic mass is 10.0. The van der Waals surface area contributed by atoms with Crippen molar-refractivity contribution in [3.05, 3.63) is 88.6 Å². The van der Waals surface area contributed by atoms with Gasteiger partial charge in [0, 0.05) is 48.9 Å². The Labute approximate surface area is 239 Å². The van der Waals surface area contributed by atoms with Crippen molar-refractivity contribution >= 4 is 63.8 Å². The summed E-state index contributed by atoms with van der Waals surface area (Å²) >= 11 is 13.1. The van der Waals surface area contributed by atoms with Crippen LogP contribution in [-0.2, 0) is 9.59 Å². The fourth-order valence-corrected chi connectivity index (χ4v) is 5.53. The number of nitrogens with zero attached hydrogens (tertiary/aromatic N) is 4. The van der Waals surface area contributed by atoms with E-state index in [1.54, 1.807) is 53.6 Å². The van der Waals surface area contributed by atoms with Crippen LogP contribution in [0.25, 0.3) is 28.2 Å². The molecule has 1 atom stereocenters. The highest BCUT2D eigenvalue weighted by Crippen LogP contribution is 2.41. The van der Waals surface area contributed by atoms with Gasteiger partial charge in [0.2, 0.25) is 11.8 Å². The summed E-state index contributed by atoms with van der Waals surface area (Å²) in [6.07, 6.45) is 5.41. The Morgan fingerprint density at radius 3 is 2.50 bits per heavy atom. The number of carbonyl (C=O) groups is 3. The summed E-state index contributed by atoms with van der Waals surface area (Å²) < 4.78 is 7.29. The van der Waals surface area contributed by atoms with Crippen LogP contribution in [0.3, 0.4) is 0 Å². The number of piperazine rings is 1. The summed E-state index contributed by atoms with van der Waals surface area (Å²) in [6.45, 7) is 6.68. The van der Waals surface area contributed by atoms with E-state index in [1.165, 1.54) is 16.7 Å². The van der Waals surface area contributed by atoms with Gasteiger partial charge in [-0.2, -0.15) is 0 Å². The third-order valence-corrected chi connectivity index (χ3v) is 7.48. The number of hydrogen-bond donors (Lipinski definition) is 1. The minimum Gasteiger partial charge on any atom is -0.478 e. The van der Waals surface area contributed by atoms with Crippen molar-refractivity contribution in [3.8, 4) is 11.3 Å². The van der Waals surface area contributed by atoms with Gasteiger partial charge in [0.25, 0.3) is 5.91 Å². The monoisotopic (exact) mass is 578 g/mol. The number of anilines is 1. The molecule has 3 heterocycles. The van der Waals surface area contributed by atoms with E-state index in [0.29, 0.717) is 51.7 Å². The highest BCUT2D eigenvalue weighted by atomic mass is 35.5. The van der Waals surface area contributed by atoms with Gasteiger partial charge >= 0.3 is 5.97 Å². The van der Waals surface area contributed by atoms with Crippen LogP contribution in [0.1, 0.15) is 22.8 Å². The molecule has 204 valence electrons. The molecule has 0 unspecified atom stereocenters. The smallest absolute Gasteiger partial charge is 0.328 e. The summed E-state index contributed by atoms with van der Waals surface area (Å²) in [4.78, 5) is 41.2. The van der Waals surface area contributed by atoms with Crippen LogP contribution < -0.4 is 4.90 Å². The van der Waals surface area contributed by atoms with Crippen LogP contribution >= 0.6 is 23.2 Å². The molecule has 1 aliphatic heterocycles. The number of aliphatic carboxylic acids is 1. The maximum atomic E-state index is 14.3. The largest absolute Gasteiger partial charge is 0.478 e. The average Bonchev–Trinajstić information content (AvgIpc) is 3.56. The van der Waals surface area contributed by atoms with Gasteiger partial charge in [-0.1, -0.05) is 53.1 Å². The zero-order valence-electron chi connectivity index (χ0n) is 21.4. The molecule has 0 bridgehead atoms. The topological polar surface area (TPSA) is 109 Å². The second-order valence-corrected chi connectivity index (χ2v) is 10.1. The van der Waals surface area contributed by atoms with E-state index in [9.17, 15) is 14.4 Å². The van der Waals surface area contributed by atoms with Gasteiger partial charge in [0.15, 0.2) is 0 Å². The van der Waals surface area contributed by atoms with Crippen LogP contribution in [0.5, 0.6) is 0 Å². The van der Waals surface area contributed by atoms with Crippen molar-refractivity contribution in [1.29, 1.82) is 0 Å². The fraction of sp³-hybridized carbons (Fsp3) is 0.172. The molecule has 1 saturated heterocycles. The standard InChI is InChI=1S/C29H24Cl2N4O5/c1-3-23(36)33-14-15-34(17(2)16-33)29-26(27(32-40-29)25-20(30)7-5-8-21(25)31)28(39)35-13-12-19-18(10-11-24(37)38)6-4-9-22(19)35/h3-13,17H,1,14-16H2,2H3,(H,37,38)/b11-10+/t17-/m0/s1. The Morgan fingerprint density at radius 2 is 1.82 bits per heavy atom. The molecule has 0 spiro atoms. The number of halogens is 2. The van der Waals surface area contributed by atoms with E-state index in [0.717, 1.165) is 6.08 Å². The molecule has 1 amide bonds. The van der Waals surface area contributed by atoms with Crippen molar-refractivity contribution in [2.24, 2.45) is 0 Å². The first-order chi connectivity index (χ1) is 19.2. The van der Waals surface area contributed by atoms with Crippen LogP contribution in [-0.4, -0.2) is 63.2 Å². The van der Waals surface area contributed by atoms with Gasteiger partial charge in [-0.15, -0.1) is 0 Å². The second kappa shape index (κ2) is 11.0. The highest BCUT2D eigenvalue weighted by Gasteiger charge is 2.35. The van der Waals surface area contributed by atoms with Gasteiger partial charge < -0.3 is 19.4 Å². The highest BCUT2D eigenvalue weighted by molar-refractivity contribution is 6.39. The average molecular weight is 579 g/mol. The quantitative estimate of drug-likeness (QED) is 0.296. The molecule has 40 heavy (non-hydrogen) atoms. The number of benzene rings is 2. The third-order valence-electron chi connectivity index (χ3n) is 6.85. The van der Waals surface area contributed by atoms with Crippen LogP contribution in [0, 0.1) is 0 Å². The van der Waals surface area contributed by atoms with Crippen molar-refractivity contribution in [3.63, 3.8) is 0 Å². The molecular weight excluding hydrogens is 555 g/mol.